The predicted octanol–water partition coefficient (Wildman–Crippen LogP) is 3.94. The Labute approximate surface area is 165 Å². The summed E-state index contributed by atoms with van der Waals surface area (Å²) in [4.78, 5) is 0. The third-order valence-electron chi connectivity index (χ3n) is 5.60. The summed E-state index contributed by atoms with van der Waals surface area (Å²) in [6.45, 7) is 2.27. The van der Waals surface area contributed by atoms with Gasteiger partial charge < -0.3 is 14.2 Å². The van der Waals surface area contributed by atoms with Gasteiger partial charge in [-0.3, -0.25) is 0 Å². The Kier molecular flexibility index (Phi) is 4.43. The van der Waals surface area contributed by atoms with Crippen LogP contribution in [0.5, 0.6) is 17.2 Å². The van der Waals surface area contributed by atoms with Gasteiger partial charge in [-0.15, -0.1) is 0 Å². The molecule has 28 heavy (non-hydrogen) atoms. The Morgan fingerprint density at radius 3 is 2.57 bits per heavy atom. The molecule has 0 N–H and O–H groups in total. The van der Waals surface area contributed by atoms with Gasteiger partial charge in [0.2, 0.25) is 0 Å². The maximum atomic E-state index is 5.82. The van der Waals surface area contributed by atoms with Crippen LogP contribution in [0.25, 0.3) is 16.9 Å². The largest absolute Gasteiger partial charge is 0.497 e. The molecule has 144 valence electrons. The molecule has 0 saturated heterocycles. The molecule has 1 aromatic heterocycles. The minimum Gasteiger partial charge on any atom is -0.497 e. The molecular weight excluding hydrogens is 352 g/mol. The van der Waals surface area contributed by atoms with Crippen molar-refractivity contribution in [3.05, 3.63) is 54.5 Å². The zero-order valence-electron chi connectivity index (χ0n) is 16.2. The first-order chi connectivity index (χ1) is 13.8. The van der Waals surface area contributed by atoms with Gasteiger partial charge >= 0.3 is 0 Å². The zero-order valence-corrected chi connectivity index (χ0v) is 16.2. The summed E-state index contributed by atoms with van der Waals surface area (Å²) in [5, 5.41) is 0. The van der Waals surface area contributed by atoms with Crippen LogP contribution in [0.15, 0.2) is 48.7 Å². The molecule has 0 atom stereocenters. The van der Waals surface area contributed by atoms with Gasteiger partial charge in [-0.2, -0.15) is 4.57 Å². The number of methoxy groups -OCH3 is 1. The molecule has 5 heteroatoms. The first-order valence-corrected chi connectivity index (χ1v) is 10.0. The summed E-state index contributed by atoms with van der Waals surface area (Å²) in [6.07, 6.45) is 7.04. The van der Waals surface area contributed by atoms with Crippen molar-refractivity contribution in [2.24, 2.45) is 0 Å². The van der Waals surface area contributed by atoms with E-state index in [4.69, 9.17) is 14.2 Å². The third-order valence-corrected chi connectivity index (χ3v) is 5.60. The number of imidazole rings is 1. The molecule has 3 heterocycles. The van der Waals surface area contributed by atoms with Crippen LogP contribution in [0.2, 0.25) is 0 Å². The zero-order chi connectivity index (χ0) is 18.9. The molecule has 0 bridgehead atoms. The van der Waals surface area contributed by atoms with E-state index in [0.29, 0.717) is 13.2 Å². The minimum absolute atomic E-state index is 0.606. The lowest BCUT2D eigenvalue weighted by Crippen LogP contribution is -2.38. The minimum atomic E-state index is 0.606. The first kappa shape index (κ1) is 17.2. The van der Waals surface area contributed by atoms with E-state index in [0.717, 1.165) is 35.9 Å². The van der Waals surface area contributed by atoms with Crippen molar-refractivity contribution in [1.29, 1.82) is 0 Å². The Hall–Kier alpha value is -2.95. The van der Waals surface area contributed by atoms with Gasteiger partial charge in [-0.25, -0.2) is 4.57 Å². The van der Waals surface area contributed by atoms with E-state index in [-0.39, 0.29) is 0 Å². The van der Waals surface area contributed by atoms with Crippen molar-refractivity contribution >= 4 is 0 Å². The maximum absolute atomic E-state index is 5.82. The van der Waals surface area contributed by atoms with Crippen LogP contribution in [-0.2, 0) is 13.0 Å². The molecule has 2 aliphatic heterocycles. The number of fused-ring (bicyclic) bond motifs is 2. The number of hydrogen-bond acceptors (Lipinski definition) is 3. The van der Waals surface area contributed by atoms with Crippen molar-refractivity contribution in [3.8, 4) is 34.2 Å². The first-order valence-electron chi connectivity index (χ1n) is 10.0. The molecule has 3 aromatic rings. The molecule has 2 aromatic carbocycles. The van der Waals surface area contributed by atoms with Crippen LogP contribution >= 0.6 is 0 Å². The average Bonchev–Trinajstić information content (AvgIpc) is 2.94. The highest BCUT2D eigenvalue weighted by molar-refractivity contribution is 5.62. The fourth-order valence-electron chi connectivity index (χ4n) is 4.17. The number of rotatable bonds is 3. The normalized spacial score (nSPS) is 15.6. The standard InChI is InChI=1S/C23H25N2O3/c1-26-19-9-7-18(8-10-19)25-16-20(24-12-4-2-3-5-23(24)25)17-6-11-21-22(15-17)28-14-13-27-21/h6-11,15-16H,2-5,12-14H2,1H3/q+1. The smallest absolute Gasteiger partial charge is 0.262 e. The summed E-state index contributed by atoms with van der Waals surface area (Å²) in [7, 11) is 1.70. The van der Waals surface area contributed by atoms with E-state index in [1.807, 2.05) is 18.2 Å². The van der Waals surface area contributed by atoms with Gasteiger partial charge in [-0.05, 0) is 61.7 Å². The van der Waals surface area contributed by atoms with E-state index in [2.05, 4.69) is 39.6 Å². The van der Waals surface area contributed by atoms with Gasteiger partial charge in [0, 0.05) is 12.0 Å². The number of aromatic nitrogens is 2. The average molecular weight is 377 g/mol. The van der Waals surface area contributed by atoms with E-state index in [9.17, 15) is 0 Å². The molecule has 0 fully saturated rings. The number of nitrogens with zero attached hydrogens (tertiary/aromatic N) is 2. The van der Waals surface area contributed by atoms with Crippen molar-refractivity contribution < 1.29 is 18.8 Å². The van der Waals surface area contributed by atoms with Crippen molar-refractivity contribution in [3.63, 3.8) is 0 Å². The SMILES string of the molecule is COc1ccc(-n2cc(-c3ccc4c(c3)OCCO4)[n+]3c2CCCCC3)cc1. The third kappa shape index (κ3) is 3.01. The highest BCUT2D eigenvalue weighted by atomic mass is 16.6. The Balaban J connectivity index is 1.63. The van der Waals surface area contributed by atoms with Crippen LogP contribution in [-0.4, -0.2) is 24.9 Å². The molecule has 0 unspecified atom stereocenters. The van der Waals surface area contributed by atoms with Gasteiger partial charge in [0.1, 0.15) is 30.8 Å². The Morgan fingerprint density at radius 2 is 1.75 bits per heavy atom. The highest BCUT2D eigenvalue weighted by Gasteiger charge is 2.27. The molecule has 0 saturated carbocycles. The fraction of sp³-hybridized carbons (Fsp3) is 0.348. The molecule has 0 spiro atoms. The second kappa shape index (κ2) is 7.23. The summed E-state index contributed by atoms with van der Waals surface area (Å²) in [5.41, 5.74) is 3.56. The maximum Gasteiger partial charge on any atom is 0.262 e. The summed E-state index contributed by atoms with van der Waals surface area (Å²) in [5.74, 6) is 3.90. The van der Waals surface area contributed by atoms with Crippen LogP contribution in [0.1, 0.15) is 25.1 Å². The van der Waals surface area contributed by atoms with Gasteiger partial charge in [0.25, 0.3) is 5.82 Å². The highest BCUT2D eigenvalue weighted by Crippen LogP contribution is 2.34. The van der Waals surface area contributed by atoms with Gasteiger partial charge in [0.05, 0.1) is 13.7 Å². The van der Waals surface area contributed by atoms with E-state index in [1.165, 1.54) is 36.3 Å². The van der Waals surface area contributed by atoms with Crippen LogP contribution in [0.4, 0.5) is 0 Å². The number of hydrogen-bond donors (Lipinski definition) is 0. The molecule has 0 amide bonds. The predicted molar refractivity (Wildman–Crippen MR) is 106 cm³/mol. The van der Waals surface area contributed by atoms with E-state index >= 15 is 0 Å². The second-order valence-corrected chi connectivity index (χ2v) is 7.32. The Morgan fingerprint density at radius 1 is 0.929 bits per heavy atom. The van der Waals surface area contributed by atoms with Gasteiger partial charge in [-0.1, -0.05) is 0 Å². The summed E-state index contributed by atoms with van der Waals surface area (Å²) in [6, 6.07) is 14.6. The number of ether oxygens (including phenoxy) is 3. The van der Waals surface area contributed by atoms with Crippen LogP contribution in [0, 0.1) is 0 Å². The summed E-state index contributed by atoms with van der Waals surface area (Å²) >= 11 is 0. The monoisotopic (exact) mass is 377 g/mol. The van der Waals surface area contributed by atoms with E-state index < -0.39 is 0 Å². The van der Waals surface area contributed by atoms with Crippen LogP contribution in [0.3, 0.4) is 0 Å². The molecule has 5 nitrogen and oxygen atoms in total. The topological polar surface area (TPSA) is 36.5 Å². The quantitative estimate of drug-likeness (QED) is 0.649. The Bertz CT molecular complexity index is 992. The van der Waals surface area contributed by atoms with Gasteiger partial charge in [0.15, 0.2) is 17.2 Å². The fourth-order valence-corrected chi connectivity index (χ4v) is 4.17. The van der Waals surface area contributed by atoms with Crippen LogP contribution < -0.4 is 18.8 Å². The van der Waals surface area contributed by atoms with Crippen molar-refractivity contribution in [1.82, 2.24) is 4.57 Å². The lowest BCUT2D eigenvalue weighted by molar-refractivity contribution is -0.692. The van der Waals surface area contributed by atoms with Crippen molar-refractivity contribution in [2.75, 3.05) is 20.3 Å². The van der Waals surface area contributed by atoms with E-state index in [1.54, 1.807) is 7.11 Å². The molecule has 0 aliphatic carbocycles. The van der Waals surface area contributed by atoms with Crippen molar-refractivity contribution in [2.45, 2.75) is 32.2 Å². The summed E-state index contributed by atoms with van der Waals surface area (Å²) < 4.78 is 21.6. The number of benzene rings is 2. The lowest BCUT2D eigenvalue weighted by atomic mass is 10.1. The second-order valence-electron chi connectivity index (χ2n) is 7.32. The molecule has 0 radical (unpaired) electrons. The lowest BCUT2D eigenvalue weighted by Gasteiger charge is -2.18. The molecule has 5 rings (SSSR count). The molecule has 2 aliphatic rings. The molecular formula is C23H25N2O3+.